The molecule has 40 heavy (non-hydrogen) atoms. The van der Waals surface area contributed by atoms with Crippen molar-refractivity contribution in [2.24, 2.45) is 5.92 Å². The van der Waals surface area contributed by atoms with Gasteiger partial charge in [-0.05, 0) is 74.6 Å². The van der Waals surface area contributed by atoms with Gasteiger partial charge in [0.1, 0.15) is 5.65 Å². The van der Waals surface area contributed by atoms with E-state index in [1.165, 1.54) is 37.9 Å². The fourth-order valence-corrected chi connectivity index (χ4v) is 6.02. The quantitative estimate of drug-likeness (QED) is 0.200. The lowest BCUT2D eigenvalue weighted by molar-refractivity contribution is 0.172. The van der Waals surface area contributed by atoms with Gasteiger partial charge in [-0.1, -0.05) is 30.3 Å². The molecule has 208 valence electrons. The molecule has 1 fully saturated rings. The van der Waals surface area contributed by atoms with Gasteiger partial charge < -0.3 is 24.3 Å². The van der Waals surface area contributed by atoms with Gasteiger partial charge in [-0.15, -0.1) is 0 Å². The summed E-state index contributed by atoms with van der Waals surface area (Å²) in [5.41, 5.74) is 5.63. The Hall–Kier alpha value is -3.81. The fourth-order valence-electron chi connectivity index (χ4n) is 6.02. The zero-order chi connectivity index (χ0) is 27.3. The number of hydrogen-bond acceptors (Lipinski definition) is 5. The Bertz CT molecular complexity index is 1520. The number of aromatic nitrogens is 3. The summed E-state index contributed by atoms with van der Waals surface area (Å²) in [4.78, 5) is 10.6. The predicted molar refractivity (Wildman–Crippen MR) is 162 cm³/mol. The first-order chi connectivity index (χ1) is 19.7. The second-order valence-corrected chi connectivity index (χ2v) is 10.8. The van der Waals surface area contributed by atoms with Crippen LogP contribution in [0.25, 0.3) is 33.2 Å². The normalized spacial score (nSPS) is 14.8. The Morgan fingerprint density at radius 2 is 1.75 bits per heavy atom. The van der Waals surface area contributed by atoms with Crippen molar-refractivity contribution >= 4 is 21.9 Å². The van der Waals surface area contributed by atoms with E-state index in [-0.39, 0.29) is 0 Å². The molecular formula is C33H39N5O2. The number of aromatic amines is 1. The molecule has 1 aliphatic rings. The molecule has 3 aromatic heterocycles. The number of rotatable bonds is 11. The van der Waals surface area contributed by atoms with Crippen LogP contribution in [0, 0.1) is 5.92 Å². The highest BCUT2D eigenvalue weighted by atomic mass is 16.5. The van der Waals surface area contributed by atoms with Crippen LogP contribution in [-0.2, 0) is 13.1 Å². The molecular weight excluding hydrogens is 498 g/mol. The second-order valence-electron chi connectivity index (χ2n) is 10.8. The van der Waals surface area contributed by atoms with Gasteiger partial charge in [0.15, 0.2) is 11.5 Å². The standard InChI is InChI=1S/C33H39N5O2/c1-39-31-20-27-28(29-19-26-9-6-13-35-33(26)36-29)23-38(30(27)21-32(31)40-2)18-15-34-14-10-24-11-16-37(17-12-24)22-25-7-4-3-5-8-25/h3-9,13,19-21,23-24,34H,10-12,14-18,22H2,1-2H3,(H,35,36). The Balaban J connectivity index is 1.08. The summed E-state index contributed by atoms with van der Waals surface area (Å²) >= 11 is 0. The summed E-state index contributed by atoms with van der Waals surface area (Å²) in [6.45, 7) is 6.32. The first-order valence-corrected chi connectivity index (χ1v) is 14.4. The molecule has 5 aromatic rings. The van der Waals surface area contributed by atoms with E-state index in [4.69, 9.17) is 9.47 Å². The summed E-state index contributed by atoms with van der Waals surface area (Å²) in [6, 6.07) is 21.2. The van der Waals surface area contributed by atoms with Crippen molar-refractivity contribution in [1.29, 1.82) is 0 Å². The van der Waals surface area contributed by atoms with Gasteiger partial charge in [0.05, 0.1) is 19.7 Å². The first-order valence-electron chi connectivity index (χ1n) is 14.4. The number of nitrogens with zero attached hydrogens (tertiary/aromatic N) is 3. The molecule has 0 saturated carbocycles. The number of likely N-dealkylation sites (tertiary alicyclic amines) is 1. The molecule has 0 unspecified atom stereocenters. The van der Waals surface area contributed by atoms with Gasteiger partial charge >= 0.3 is 0 Å². The van der Waals surface area contributed by atoms with Crippen LogP contribution in [0.1, 0.15) is 24.8 Å². The Labute approximate surface area is 236 Å². The Kier molecular flexibility index (Phi) is 8.02. The third-order valence-corrected chi connectivity index (χ3v) is 8.28. The maximum Gasteiger partial charge on any atom is 0.162 e. The lowest BCUT2D eigenvalue weighted by Gasteiger charge is -2.32. The van der Waals surface area contributed by atoms with Crippen LogP contribution in [0.2, 0.25) is 0 Å². The first kappa shape index (κ1) is 26.4. The summed E-state index contributed by atoms with van der Waals surface area (Å²) in [5.74, 6) is 2.29. The number of fused-ring (bicyclic) bond motifs is 2. The number of piperidine rings is 1. The van der Waals surface area contributed by atoms with E-state index in [1.54, 1.807) is 14.2 Å². The minimum atomic E-state index is 0.733. The number of benzene rings is 2. The Morgan fingerprint density at radius 1 is 0.950 bits per heavy atom. The highest BCUT2D eigenvalue weighted by molar-refractivity contribution is 5.99. The van der Waals surface area contributed by atoms with Crippen molar-refractivity contribution < 1.29 is 9.47 Å². The van der Waals surface area contributed by atoms with E-state index in [0.717, 1.165) is 76.8 Å². The minimum absolute atomic E-state index is 0.733. The van der Waals surface area contributed by atoms with Gasteiger partial charge in [0, 0.05) is 60.1 Å². The SMILES string of the molecule is COc1cc2c(-c3cc4cccnc4[nH]3)cn(CCNCCC3CCN(Cc4ccccc4)CC3)c2cc1OC. The number of pyridine rings is 1. The van der Waals surface area contributed by atoms with E-state index in [2.05, 4.69) is 85.5 Å². The molecule has 0 radical (unpaired) electrons. The molecule has 0 atom stereocenters. The lowest BCUT2D eigenvalue weighted by Crippen LogP contribution is -2.34. The molecule has 0 spiro atoms. The van der Waals surface area contributed by atoms with Gasteiger partial charge in [-0.25, -0.2) is 4.98 Å². The molecule has 6 rings (SSSR count). The number of ether oxygens (including phenoxy) is 2. The van der Waals surface area contributed by atoms with E-state index in [9.17, 15) is 0 Å². The van der Waals surface area contributed by atoms with Crippen LogP contribution in [0.3, 0.4) is 0 Å². The summed E-state index contributed by atoms with van der Waals surface area (Å²) in [7, 11) is 3.37. The fraction of sp³-hybridized carbons (Fsp3) is 0.364. The highest BCUT2D eigenvalue weighted by Crippen LogP contribution is 2.38. The number of nitrogens with one attached hydrogen (secondary N) is 2. The number of methoxy groups -OCH3 is 2. The van der Waals surface area contributed by atoms with Crippen LogP contribution in [0.15, 0.2) is 73.1 Å². The van der Waals surface area contributed by atoms with Crippen LogP contribution >= 0.6 is 0 Å². The van der Waals surface area contributed by atoms with E-state index >= 15 is 0 Å². The zero-order valence-electron chi connectivity index (χ0n) is 23.5. The van der Waals surface area contributed by atoms with Crippen molar-refractivity contribution in [3.63, 3.8) is 0 Å². The van der Waals surface area contributed by atoms with E-state index < -0.39 is 0 Å². The van der Waals surface area contributed by atoms with E-state index in [1.807, 2.05) is 12.3 Å². The molecule has 1 saturated heterocycles. The van der Waals surface area contributed by atoms with Crippen LogP contribution in [0.4, 0.5) is 0 Å². The topological polar surface area (TPSA) is 67.3 Å². The molecule has 1 aliphatic heterocycles. The zero-order valence-corrected chi connectivity index (χ0v) is 23.5. The molecule has 2 aromatic carbocycles. The third-order valence-electron chi connectivity index (χ3n) is 8.28. The van der Waals surface area contributed by atoms with Gasteiger partial charge in [-0.2, -0.15) is 0 Å². The predicted octanol–water partition coefficient (Wildman–Crippen LogP) is 6.09. The molecule has 0 aliphatic carbocycles. The largest absolute Gasteiger partial charge is 0.493 e. The minimum Gasteiger partial charge on any atom is -0.493 e. The van der Waals surface area contributed by atoms with Gasteiger partial charge in [0.2, 0.25) is 0 Å². The molecule has 0 bridgehead atoms. The maximum atomic E-state index is 5.64. The average Bonchev–Trinajstić information content (AvgIpc) is 3.58. The summed E-state index contributed by atoms with van der Waals surface area (Å²) < 4.78 is 13.6. The number of H-pyrrole nitrogens is 1. The van der Waals surface area contributed by atoms with Gasteiger partial charge in [-0.3, -0.25) is 4.90 Å². The van der Waals surface area contributed by atoms with Crippen molar-refractivity contribution in [3.8, 4) is 22.8 Å². The summed E-state index contributed by atoms with van der Waals surface area (Å²) in [5, 5.41) is 5.94. The van der Waals surface area contributed by atoms with Crippen LogP contribution in [0.5, 0.6) is 11.5 Å². The molecule has 2 N–H and O–H groups in total. The van der Waals surface area contributed by atoms with Crippen molar-refractivity contribution in [3.05, 3.63) is 78.6 Å². The van der Waals surface area contributed by atoms with Crippen molar-refractivity contribution in [1.82, 2.24) is 24.8 Å². The highest BCUT2D eigenvalue weighted by Gasteiger charge is 2.19. The maximum absolute atomic E-state index is 5.64. The van der Waals surface area contributed by atoms with E-state index in [0.29, 0.717) is 0 Å². The Morgan fingerprint density at radius 3 is 2.52 bits per heavy atom. The molecule has 4 heterocycles. The monoisotopic (exact) mass is 537 g/mol. The molecule has 7 heteroatoms. The van der Waals surface area contributed by atoms with Crippen LogP contribution in [-0.4, -0.2) is 59.8 Å². The average molecular weight is 538 g/mol. The third kappa shape index (κ3) is 5.71. The molecule has 7 nitrogen and oxygen atoms in total. The van der Waals surface area contributed by atoms with Crippen LogP contribution < -0.4 is 14.8 Å². The number of hydrogen-bond donors (Lipinski definition) is 2. The second kappa shape index (κ2) is 12.1. The lowest BCUT2D eigenvalue weighted by atomic mass is 9.93. The van der Waals surface area contributed by atoms with Crippen molar-refractivity contribution in [2.45, 2.75) is 32.4 Å². The van der Waals surface area contributed by atoms with Crippen molar-refractivity contribution in [2.75, 3.05) is 40.4 Å². The smallest absolute Gasteiger partial charge is 0.162 e. The summed E-state index contributed by atoms with van der Waals surface area (Å²) in [6.07, 6.45) is 7.88. The van der Waals surface area contributed by atoms with Gasteiger partial charge in [0.25, 0.3) is 0 Å². The molecule has 0 amide bonds.